The SMILES string of the molecule is COCOc1ccc(N(CCCCl)C(=O)OCc2ccccc2)cc1. The number of alkyl halides is 1. The summed E-state index contributed by atoms with van der Waals surface area (Å²) in [6.07, 6.45) is 0.267. The number of hydrogen-bond donors (Lipinski definition) is 0. The van der Waals surface area contributed by atoms with Gasteiger partial charge in [-0.25, -0.2) is 4.79 Å². The van der Waals surface area contributed by atoms with Crippen molar-refractivity contribution in [1.82, 2.24) is 0 Å². The minimum absolute atomic E-state index is 0.175. The van der Waals surface area contributed by atoms with Crippen LogP contribution in [0.5, 0.6) is 5.75 Å². The Morgan fingerprint density at radius 2 is 1.80 bits per heavy atom. The van der Waals surface area contributed by atoms with Crippen LogP contribution in [0.15, 0.2) is 54.6 Å². The van der Waals surface area contributed by atoms with Crippen LogP contribution in [0, 0.1) is 0 Å². The van der Waals surface area contributed by atoms with Crippen LogP contribution in [-0.4, -0.2) is 32.4 Å². The van der Waals surface area contributed by atoms with Crippen LogP contribution in [0.4, 0.5) is 10.5 Å². The molecule has 0 heterocycles. The van der Waals surface area contributed by atoms with Crippen molar-refractivity contribution < 1.29 is 19.0 Å². The lowest BCUT2D eigenvalue weighted by Gasteiger charge is -2.22. The summed E-state index contributed by atoms with van der Waals surface area (Å²) in [7, 11) is 1.56. The second kappa shape index (κ2) is 10.6. The fourth-order valence-electron chi connectivity index (χ4n) is 2.19. The standard InChI is InChI=1S/C19H22ClNO4/c1-23-15-25-18-10-8-17(9-11-18)21(13-5-12-20)19(22)24-14-16-6-3-2-4-7-16/h2-4,6-11H,5,12-15H2,1H3. The van der Waals surface area contributed by atoms with Gasteiger partial charge < -0.3 is 14.2 Å². The van der Waals surface area contributed by atoms with Gasteiger partial charge in [-0.1, -0.05) is 30.3 Å². The first kappa shape index (κ1) is 19.1. The summed E-state index contributed by atoms with van der Waals surface area (Å²) in [6, 6.07) is 16.8. The fourth-order valence-corrected chi connectivity index (χ4v) is 2.31. The number of nitrogens with zero attached hydrogens (tertiary/aromatic N) is 1. The molecule has 0 N–H and O–H groups in total. The average molecular weight is 364 g/mol. The highest BCUT2D eigenvalue weighted by Crippen LogP contribution is 2.21. The molecule has 6 heteroatoms. The molecule has 5 nitrogen and oxygen atoms in total. The normalized spacial score (nSPS) is 10.3. The van der Waals surface area contributed by atoms with Crippen LogP contribution in [0.3, 0.4) is 0 Å². The second-order valence-electron chi connectivity index (χ2n) is 5.28. The van der Waals surface area contributed by atoms with Crippen molar-refractivity contribution in [1.29, 1.82) is 0 Å². The molecule has 25 heavy (non-hydrogen) atoms. The molecule has 0 aromatic heterocycles. The molecule has 0 fully saturated rings. The van der Waals surface area contributed by atoms with Crippen molar-refractivity contribution >= 4 is 23.4 Å². The summed E-state index contributed by atoms with van der Waals surface area (Å²) in [4.78, 5) is 14.1. The van der Waals surface area contributed by atoms with Crippen LogP contribution in [0.25, 0.3) is 0 Å². The van der Waals surface area contributed by atoms with Crippen molar-refractivity contribution in [2.45, 2.75) is 13.0 Å². The van der Waals surface area contributed by atoms with Crippen LogP contribution in [-0.2, 0) is 16.1 Å². The van der Waals surface area contributed by atoms with E-state index in [1.807, 2.05) is 42.5 Å². The van der Waals surface area contributed by atoms with Crippen molar-refractivity contribution in [2.24, 2.45) is 0 Å². The van der Waals surface area contributed by atoms with E-state index in [2.05, 4.69) is 0 Å². The number of ether oxygens (including phenoxy) is 3. The molecule has 0 radical (unpaired) electrons. The number of rotatable bonds is 9. The van der Waals surface area contributed by atoms with Gasteiger partial charge in [-0.15, -0.1) is 11.6 Å². The van der Waals surface area contributed by atoms with Gasteiger partial charge in [0.1, 0.15) is 12.4 Å². The molecular formula is C19H22ClNO4. The minimum atomic E-state index is -0.403. The maximum atomic E-state index is 12.5. The summed E-state index contributed by atoms with van der Waals surface area (Å²) in [6.45, 7) is 0.885. The molecule has 0 aliphatic heterocycles. The predicted molar refractivity (Wildman–Crippen MR) is 98.3 cm³/mol. The van der Waals surface area contributed by atoms with Gasteiger partial charge in [-0.05, 0) is 36.2 Å². The summed E-state index contributed by atoms with van der Waals surface area (Å²) in [5.41, 5.74) is 1.67. The smallest absolute Gasteiger partial charge is 0.414 e. The average Bonchev–Trinajstić information content (AvgIpc) is 2.66. The number of anilines is 1. The molecule has 0 bridgehead atoms. The van der Waals surface area contributed by atoms with Crippen molar-refractivity contribution in [3.63, 3.8) is 0 Å². The highest BCUT2D eigenvalue weighted by atomic mass is 35.5. The van der Waals surface area contributed by atoms with Crippen LogP contribution in [0.1, 0.15) is 12.0 Å². The first-order valence-corrected chi connectivity index (χ1v) is 8.54. The van der Waals surface area contributed by atoms with Gasteiger partial charge in [0.2, 0.25) is 0 Å². The molecule has 2 rings (SSSR count). The fraction of sp³-hybridized carbons (Fsp3) is 0.316. The lowest BCUT2D eigenvalue weighted by molar-refractivity contribution is 0.0511. The lowest BCUT2D eigenvalue weighted by atomic mass is 10.2. The zero-order chi connectivity index (χ0) is 17.9. The highest BCUT2D eigenvalue weighted by molar-refractivity contribution is 6.17. The Morgan fingerprint density at radius 3 is 2.44 bits per heavy atom. The molecular weight excluding hydrogens is 342 g/mol. The molecule has 134 valence electrons. The summed E-state index contributed by atoms with van der Waals surface area (Å²) >= 11 is 5.78. The Labute approximate surface area is 153 Å². The van der Waals surface area contributed by atoms with Gasteiger partial charge in [-0.2, -0.15) is 0 Å². The summed E-state index contributed by atoms with van der Waals surface area (Å²) in [5.74, 6) is 1.14. The molecule has 0 aliphatic carbocycles. The predicted octanol–water partition coefficient (Wildman–Crippen LogP) is 4.44. The first-order valence-electron chi connectivity index (χ1n) is 8.00. The van der Waals surface area contributed by atoms with Gasteiger partial charge in [0.05, 0.1) is 0 Å². The second-order valence-corrected chi connectivity index (χ2v) is 5.66. The van der Waals surface area contributed by atoms with Crippen LogP contribution in [0.2, 0.25) is 0 Å². The van der Waals surface area contributed by atoms with Gasteiger partial charge >= 0.3 is 6.09 Å². The number of amides is 1. The van der Waals surface area contributed by atoms with Gasteiger partial charge in [0.15, 0.2) is 6.79 Å². The molecule has 0 unspecified atom stereocenters. The maximum Gasteiger partial charge on any atom is 0.414 e. The number of methoxy groups -OCH3 is 1. The molecule has 0 saturated carbocycles. The van der Waals surface area contributed by atoms with E-state index in [4.69, 9.17) is 25.8 Å². The molecule has 0 spiro atoms. The number of halogens is 1. The molecule has 0 aliphatic rings. The number of benzene rings is 2. The zero-order valence-electron chi connectivity index (χ0n) is 14.2. The van der Waals surface area contributed by atoms with E-state index >= 15 is 0 Å². The van der Waals surface area contributed by atoms with E-state index < -0.39 is 6.09 Å². The van der Waals surface area contributed by atoms with Gasteiger partial charge in [0, 0.05) is 25.2 Å². The van der Waals surface area contributed by atoms with E-state index in [1.165, 1.54) is 0 Å². The Balaban J connectivity index is 2.02. The van der Waals surface area contributed by atoms with Crippen molar-refractivity contribution in [3.8, 4) is 5.75 Å². The molecule has 0 atom stereocenters. The molecule has 2 aromatic carbocycles. The molecule has 2 aromatic rings. The minimum Gasteiger partial charge on any atom is -0.468 e. The summed E-state index contributed by atoms with van der Waals surface area (Å²) < 4.78 is 15.7. The number of carbonyl (C=O) groups excluding carboxylic acids is 1. The molecule has 1 amide bonds. The van der Waals surface area contributed by atoms with E-state index in [0.29, 0.717) is 24.6 Å². The van der Waals surface area contributed by atoms with E-state index in [0.717, 1.165) is 11.3 Å². The lowest BCUT2D eigenvalue weighted by Crippen LogP contribution is -2.32. The van der Waals surface area contributed by atoms with Gasteiger partial charge in [0.25, 0.3) is 0 Å². The number of hydrogen-bond acceptors (Lipinski definition) is 4. The zero-order valence-corrected chi connectivity index (χ0v) is 14.9. The Kier molecular flexibility index (Phi) is 8.09. The Bertz CT molecular complexity index is 634. The largest absolute Gasteiger partial charge is 0.468 e. The van der Waals surface area contributed by atoms with E-state index in [1.54, 1.807) is 24.1 Å². The maximum absolute atomic E-state index is 12.5. The Morgan fingerprint density at radius 1 is 1.08 bits per heavy atom. The van der Waals surface area contributed by atoms with Crippen LogP contribution < -0.4 is 9.64 Å². The third-order valence-corrected chi connectivity index (χ3v) is 3.70. The monoisotopic (exact) mass is 363 g/mol. The third kappa shape index (κ3) is 6.29. The summed E-state index contributed by atoms with van der Waals surface area (Å²) in [5, 5.41) is 0. The molecule has 0 saturated heterocycles. The van der Waals surface area contributed by atoms with E-state index in [9.17, 15) is 4.79 Å². The third-order valence-electron chi connectivity index (χ3n) is 3.43. The topological polar surface area (TPSA) is 48.0 Å². The quantitative estimate of drug-likeness (QED) is 0.488. The number of carbonyl (C=O) groups is 1. The van der Waals surface area contributed by atoms with E-state index in [-0.39, 0.29) is 13.4 Å². The van der Waals surface area contributed by atoms with Gasteiger partial charge in [-0.3, -0.25) is 4.90 Å². The van der Waals surface area contributed by atoms with Crippen molar-refractivity contribution in [3.05, 3.63) is 60.2 Å². The highest BCUT2D eigenvalue weighted by Gasteiger charge is 2.17. The van der Waals surface area contributed by atoms with Crippen molar-refractivity contribution in [2.75, 3.05) is 31.2 Å². The first-order chi connectivity index (χ1) is 12.2. The van der Waals surface area contributed by atoms with Crippen LogP contribution >= 0.6 is 11.6 Å². The Hall–Kier alpha value is -2.24.